The highest BCUT2D eigenvalue weighted by Crippen LogP contribution is 2.22. The number of aromatic nitrogens is 3. The Balaban J connectivity index is 2.31. The number of nitrogens with zero attached hydrogens (tertiary/aromatic N) is 2. The fourth-order valence-corrected chi connectivity index (χ4v) is 2.18. The SMILES string of the molecule is COCCn1c(C(C)c2ccccc2)n[nH]c1=S. The van der Waals surface area contributed by atoms with E-state index in [4.69, 9.17) is 17.0 Å². The number of hydrogen-bond acceptors (Lipinski definition) is 3. The molecule has 0 saturated heterocycles. The summed E-state index contributed by atoms with van der Waals surface area (Å²) in [5, 5.41) is 7.19. The molecule has 5 heteroatoms. The second kappa shape index (κ2) is 5.93. The van der Waals surface area contributed by atoms with Crippen LogP contribution in [0.15, 0.2) is 30.3 Å². The second-order valence-corrected chi connectivity index (χ2v) is 4.55. The maximum Gasteiger partial charge on any atom is 0.195 e. The first-order chi connectivity index (χ1) is 8.74. The van der Waals surface area contributed by atoms with E-state index in [9.17, 15) is 0 Å². The Morgan fingerprint density at radius 1 is 1.39 bits per heavy atom. The number of ether oxygens (including phenoxy) is 1. The molecule has 96 valence electrons. The number of hydrogen-bond donors (Lipinski definition) is 1. The van der Waals surface area contributed by atoms with Gasteiger partial charge in [0.15, 0.2) is 4.77 Å². The van der Waals surface area contributed by atoms with E-state index >= 15 is 0 Å². The van der Waals surface area contributed by atoms with Crippen molar-refractivity contribution in [3.05, 3.63) is 46.5 Å². The molecule has 18 heavy (non-hydrogen) atoms. The predicted octanol–water partition coefficient (Wildman–Crippen LogP) is 2.74. The molecule has 1 heterocycles. The third-order valence-corrected chi connectivity index (χ3v) is 3.31. The predicted molar refractivity (Wildman–Crippen MR) is 73.2 cm³/mol. The number of benzene rings is 1. The van der Waals surface area contributed by atoms with Gasteiger partial charge >= 0.3 is 0 Å². The first-order valence-corrected chi connectivity index (χ1v) is 6.34. The van der Waals surface area contributed by atoms with Gasteiger partial charge in [0.25, 0.3) is 0 Å². The van der Waals surface area contributed by atoms with Gasteiger partial charge in [-0.05, 0) is 17.8 Å². The molecule has 0 bridgehead atoms. The zero-order chi connectivity index (χ0) is 13.0. The summed E-state index contributed by atoms with van der Waals surface area (Å²) >= 11 is 5.24. The van der Waals surface area contributed by atoms with Gasteiger partial charge in [0, 0.05) is 13.0 Å². The molecule has 0 aliphatic rings. The Hall–Kier alpha value is -1.46. The quantitative estimate of drug-likeness (QED) is 0.843. The summed E-state index contributed by atoms with van der Waals surface area (Å²) in [5.74, 6) is 1.15. The highest BCUT2D eigenvalue weighted by atomic mass is 32.1. The Morgan fingerprint density at radius 2 is 2.11 bits per heavy atom. The van der Waals surface area contributed by atoms with Crippen LogP contribution in [0.3, 0.4) is 0 Å². The normalized spacial score (nSPS) is 12.6. The van der Waals surface area contributed by atoms with Gasteiger partial charge in [0.1, 0.15) is 5.82 Å². The molecule has 1 aromatic carbocycles. The Labute approximate surface area is 112 Å². The zero-order valence-corrected chi connectivity index (χ0v) is 11.4. The van der Waals surface area contributed by atoms with Gasteiger partial charge < -0.3 is 9.30 Å². The molecule has 1 N–H and O–H groups in total. The molecule has 0 aliphatic heterocycles. The minimum Gasteiger partial charge on any atom is -0.383 e. The van der Waals surface area contributed by atoms with Crippen LogP contribution in [0.25, 0.3) is 0 Å². The van der Waals surface area contributed by atoms with Gasteiger partial charge in [-0.3, -0.25) is 5.10 Å². The molecule has 2 rings (SSSR count). The van der Waals surface area contributed by atoms with Gasteiger partial charge in [-0.1, -0.05) is 37.3 Å². The Kier molecular flexibility index (Phi) is 4.28. The van der Waals surface area contributed by atoms with Gasteiger partial charge in [-0.15, -0.1) is 0 Å². The first-order valence-electron chi connectivity index (χ1n) is 5.93. The standard InChI is InChI=1S/C13H17N3OS/c1-10(11-6-4-3-5-7-11)12-14-15-13(18)16(12)8-9-17-2/h3-7,10H,8-9H2,1-2H3,(H,15,18). The first kappa shape index (κ1) is 13.0. The molecular formula is C13H17N3OS. The Morgan fingerprint density at radius 3 is 2.78 bits per heavy atom. The van der Waals surface area contributed by atoms with Crippen LogP contribution in [0.1, 0.15) is 24.2 Å². The summed E-state index contributed by atoms with van der Waals surface area (Å²) < 4.78 is 7.74. The van der Waals surface area contributed by atoms with Crippen molar-refractivity contribution in [2.45, 2.75) is 19.4 Å². The number of aromatic amines is 1. The average Bonchev–Trinajstić information content (AvgIpc) is 2.78. The highest BCUT2D eigenvalue weighted by Gasteiger charge is 2.15. The van der Waals surface area contributed by atoms with Crippen molar-refractivity contribution in [3.8, 4) is 0 Å². The van der Waals surface area contributed by atoms with E-state index in [0.29, 0.717) is 11.4 Å². The van der Waals surface area contributed by atoms with Crippen molar-refractivity contribution < 1.29 is 4.74 Å². The molecule has 1 atom stereocenters. The van der Waals surface area contributed by atoms with Crippen LogP contribution in [-0.2, 0) is 11.3 Å². The summed E-state index contributed by atoms with van der Waals surface area (Å²) in [7, 11) is 1.68. The maximum absolute atomic E-state index is 5.24. The third kappa shape index (κ3) is 2.68. The smallest absolute Gasteiger partial charge is 0.195 e. The number of rotatable bonds is 5. The third-order valence-electron chi connectivity index (χ3n) is 2.99. The van der Waals surface area contributed by atoms with Crippen LogP contribution in [-0.4, -0.2) is 28.5 Å². The number of H-pyrrole nitrogens is 1. The summed E-state index contributed by atoms with van der Waals surface area (Å²) in [6, 6.07) is 10.3. The highest BCUT2D eigenvalue weighted by molar-refractivity contribution is 7.71. The number of nitrogens with one attached hydrogen (secondary N) is 1. The van der Waals surface area contributed by atoms with E-state index in [1.165, 1.54) is 5.56 Å². The van der Waals surface area contributed by atoms with Gasteiger partial charge in [-0.2, -0.15) is 5.10 Å². The number of methoxy groups -OCH3 is 1. The van der Waals surface area contributed by atoms with Gasteiger partial charge in [-0.25, -0.2) is 0 Å². The summed E-state index contributed by atoms with van der Waals surface area (Å²) in [4.78, 5) is 0. The molecule has 0 radical (unpaired) electrons. The van der Waals surface area contributed by atoms with Crippen molar-refractivity contribution in [1.82, 2.24) is 14.8 Å². The van der Waals surface area contributed by atoms with E-state index in [1.807, 2.05) is 22.8 Å². The molecule has 0 amide bonds. The minimum absolute atomic E-state index is 0.205. The maximum atomic E-state index is 5.24. The topological polar surface area (TPSA) is 42.8 Å². The van der Waals surface area contributed by atoms with Crippen molar-refractivity contribution >= 4 is 12.2 Å². The summed E-state index contributed by atoms with van der Waals surface area (Å²) in [6.45, 7) is 3.48. The Bertz CT molecular complexity index is 547. The van der Waals surface area contributed by atoms with Crippen molar-refractivity contribution in [2.75, 3.05) is 13.7 Å². The van der Waals surface area contributed by atoms with E-state index in [0.717, 1.165) is 12.4 Å². The van der Waals surface area contributed by atoms with E-state index in [1.54, 1.807) is 7.11 Å². The van der Waals surface area contributed by atoms with Crippen LogP contribution in [0.4, 0.5) is 0 Å². The van der Waals surface area contributed by atoms with Crippen LogP contribution >= 0.6 is 12.2 Å². The van der Waals surface area contributed by atoms with Gasteiger partial charge in [0.05, 0.1) is 13.2 Å². The van der Waals surface area contributed by atoms with E-state index in [-0.39, 0.29) is 5.92 Å². The monoisotopic (exact) mass is 263 g/mol. The average molecular weight is 263 g/mol. The van der Waals surface area contributed by atoms with Gasteiger partial charge in [0.2, 0.25) is 0 Å². The molecule has 2 aromatic rings. The summed E-state index contributed by atoms with van der Waals surface area (Å²) in [6.07, 6.45) is 0. The lowest BCUT2D eigenvalue weighted by molar-refractivity contribution is 0.185. The largest absolute Gasteiger partial charge is 0.383 e. The van der Waals surface area contributed by atoms with E-state index in [2.05, 4.69) is 29.3 Å². The second-order valence-electron chi connectivity index (χ2n) is 4.16. The van der Waals surface area contributed by atoms with Crippen molar-refractivity contribution in [2.24, 2.45) is 0 Å². The van der Waals surface area contributed by atoms with Crippen molar-refractivity contribution in [1.29, 1.82) is 0 Å². The zero-order valence-electron chi connectivity index (χ0n) is 10.6. The lowest BCUT2D eigenvalue weighted by Gasteiger charge is -2.13. The minimum atomic E-state index is 0.205. The molecule has 1 aromatic heterocycles. The summed E-state index contributed by atoms with van der Waals surface area (Å²) in [5.41, 5.74) is 1.23. The molecule has 0 saturated carbocycles. The van der Waals surface area contributed by atoms with Crippen LogP contribution in [0.2, 0.25) is 0 Å². The lowest BCUT2D eigenvalue weighted by atomic mass is 10.0. The van der Waals surface area contributed by atoms with E-state index < -0.39 is 0 Å². The fourth-order valence-electron chi connectivity index (χ4n) is 1.95. The molecular weight excluding hydrogens is 246 g/mol. The molecule has 0 fully saturated rings. The molecule has 0 aliphatic carbocycles. The van der Waals surface area contributed by atoms with Crippen LogP contribution in [0, 0.1) is 4.77 Å². The molecule has 4 nitrogen and oxygen atoms in total. The fraction of sp³-hybridized carbons (Fsp3) is 0.385. The van der Waals surface area contributed by atoms with Crippen LogP contribution < -0.4 is 0 Å². The van der Waals surface area contributed by atoms with Crippen LogP contribution in [0.5, 0.6) is 0 Å². The molecule has 0 spiro atoms. The van der Waals surface area contributed by atoms with Crippen molar-refractivity contribution in [3.63, 3.8) is 0 Å². The molecule has 1 unspecified atom stereocenters. The lowest BCUT2D eigenvalue weighted by Crippen LogP contribution is -2.11.